The zero-order chi connectivity index (χ0) is 20.5. The number of amides is 1. The average molecular weight is 427 g/mol. The van der Waals surface area contributed by atoms with E-state index in [0.29, 0.717) is 43.8 Å². The van der Waals surface area contributed by atoms with Crippen LogP contribution in [-0.4, -0.2) is 30.1 Å². The van der Waals surface area contributed by atoms with E-state index in [1.54, 1.807) is 36.6 Å². The third-order valence-electron chi connectivity index (χ3n) is 4.37. The molecular formula is C20H18N4O3S2. The number of aryl methyl sites for hydroxylation is 1. The number of anilines is 2. The van der Waals surface area contributed by atoms with Crippen molar-refractivity contribution < 1.29 is 14.3 Å². The minimum atomic E-state index is -0.328. The fourth-order valence-corrected chi connectivity index (χ4v) is 4.66. The molecule has 3 aromatic heterocycles. The number of fused-ring (bicyclic) bond motifs is 1. The van der Waals surface area contributed by atoms with Gasteiger partial charge >= 0.3 is 0 Å². The third-order valence-corrected chi connectivity index (χ3v) is 6.34. The summed E-state index contributed by atoms with van der Waals surface area (Å²) in [6, 6.07) is 9.08. The molecule has 3 heterocycles. The van der Waals surface area contributed by atoms with Crippen molar-refractivity contribution in [2.75, 3.05) is 25.3 Å². The first-order chi connectivity index (χ1) is 14.0. The summed E-state index contributed by atoms with van der Waals surface area (Å²) in [6.45, 7) is 1.87. The minimum absolute atomic E-state index is 0.328. The van der Waals surface area contributed by atoms with Crippen LogP contribution >= 0.6 is 22.7 Å². The highest BCUT2D eigenvalue weighted by Crippen LogP contribution is 2.37. The van der Waals surface area contributed by atoms with Crippen LogP contribution in [0.4, 0.5) is 11.4 Å². The SMILES string of the molecule is COc1ccc(NC(=O)c2sc3nc(-c4cccs4)nc(C)c3c2N)c(OC)c1. The van der Waals surface area contributed by atoms with Crippen LogP contribution in [-0.2, 0) is 0 Å². The monoisotopic (exact) mass is 426 g/mol. The Bertz CT molecular complexity index is 1200. The molecule has 1 aromatic carbocycles. The molecule has 0 bridgehead atoms. The number of hydrogen-bond donors (Lipinski definition) is 2. The number of carbonyl (C=O) groups is 1. The second-order valence-electron chi connectivity index (χ2n) is 6.16. The van der Waals surface area contributed by atoms with Crippen LogP contribution in [0.15, 0.2) is 35.7 Å². The number of benzene rings is 1. The predicted octanol–water partition coefficient (Wildman–Crippen LogP) is 4.58. The number of ether oxygens (including phenoxy) is 2. The van der Waals surface area contributed by atoms with Gasteiger partial charge in [-0.05, 0) is 30.5 Å². The van der Waals surface area contributed by atoms with E-state index in [9.17, 15) is 4.79 Å². The molecule has 29 heavy (non-hydrogen) atoms. The molecule has 9 heteroatoms. The van der Waals surface area contributed by atoms with Crippen LogP contribution in [0.25, 0.3) is 20.9 Å². The van der Waals surface area contributed by atoms with Crippen LogP contribution < -0.4 is 20.5 Å². The number of carbonyl (C=O) groups excluding carboxylic acids is 1. The van der Waals surface area contributed by atoms with Crippen molar-refractivity contribution in [1.29, 1.82) is 0 Å². The Balaban J connectivity index is 1.71. The molecule has 0 aliphatic heterocycles. The van der Waals surface area contributed by atoms with E-state index in [4.69, 9.17) is 15.2 Å². The Kier molecular flexibility index (Phi) is 5.08. The fourth-order valence-electron chi connectivity index (χ4n) is 2.96. The number of methoxy groups -OCH3 is 2. The number of nitrogens with zero attached hydrogens (tertiary/aromatic N) is 2. The van der Waals surface area contributed by atoms with Gasteiger partial charge in [0.05, 0.1) is 41.6 Å². The van der Waals surface area contributed by atoms with Gasteiger partial charge in [-0.2, -0.15) is 0 Å². The van der Waals surface area contributed by atoms with Crippen LogP contribution in [0.5, 0.6) is 11.5 Å². The molecule has 0 spiro atoms. The molecule has 0 aliphatic carbocycles. The number of rotatable bonds is 5. The molecule has 148 valence electrons. The summed E-state index contributed by atoms with van der Waals surface area (Å²) in [5.74, 6) is 1.43. The zero-order valence-electron chi connectivity index (χ0n) is 16.0. The number of hydrogen-bond acceptors (Lipinski definition) is 8. The van der Waals surface area contributed by atoms with Gasteiger partial charge in [0.15, 0.2) is 5.82 Å². The van der Waals surface area contributed by atoms with E-state index >= 15 is 0 Å². The van der Waals surface area contributed by atoms with Gasteiger partial charge in [-0.3, -0.25) is 4.79 Å². The Morgan fingerprint density at radius 3 is 2.69 bits per heavy atom. The molecule has 0 atom stereocenters. The van der Waals surface area contributed by atoms with E-state index in [0.717, 1.165) is 10.6 Å². The second-order valence-corrected chi connectivity index (χ2v) is 8.10. The minimum Gasteiger partial charge on any atom is -0.497 e. The van der Waals surface area contributed by atoms with E-state index in [1.807, 2.05) is 24.4 Å². The standard InChI is InChI=1S/C20H18N4O3S2/c1-10-15-16(21)17(29-20(15)24-18(22-10)14-5-4-8-28-14)19(25)23-12-7-6-11(26-2)9-13(12)27-3/h4-9H,21H2,1-3H3,(H,23,25). The molecule has 0 saturated carbocycles. The van der Waals surface area contributed by atoms with Gasteiger partial charge in [0, 0.05) is 6.07 Å². The summed E-state index contributed by atoms with van der Waals surface area (Å²) < 4.78 is 10.5. The summed E-state index contributed by atoms with van der Waals surface area (Å²) in [5.41, 5.74) is 7.95. The van der Waals surface area contributed by atoms with Crippen molar-refractivity contribution in [2.24, 2.45) is 0 Å². The molecule has 0 unspecified atom stereocenters. The van der Waals surface area contributed by atoms with Crippen molar-refractivity contribution in [3.8, 4) is 22.2 Å². The van der Waals surface area contributed by atoms with E-state index < -0.39 is 0 Å². The molecule has 0 saturated heterocycles. The summed E-state index contributed by atoms with van der Waals surface area (Å²) in [6.07, 6.45) is 0. The molecule has 4 aromatic rings. The Labute approximate surface area is 175 Å². The first-order valence-corrected chi connectivity index (χ1v) is 10.3. The molecule has 7 nitrogen and oxygen atoms in total. The van der Waals surface area contributed by atoms with Crippen molar-refractivity contribution in [1.82, 2.24) is 9.97 Å². The lowest BCUT2D eigenvalue weighted by Crippen LogP contribution is -2.12. The lowest BCUT2D eigenvalue weighted by Gasteiger charge is -2.11. The largest absolute Gasteiger partial charge is 0.497 e. The van der Waals surface area contributed by atoms with Gasteiger partial charge in [0.25, 0.3) is 5.91 Å². The Morgan fingerprint density at radius 1 is 1.17 bits per heavy atom. The Hall–Kier alpha value is -3.17. The van der Waals surface area contributed by atoms with Gasteiger partial charge in [-0.15, -0.1) is 22.7 Å². The van der Waals surface area contributed by atoms with Gasteiger partial charge in [0.1, 0.15) is 21.2 Å². The van der Waals surface area contributed by atoms with Crippen LogP contribution in [0, 0.1) is 6.92 Å². The normalized spacial score (nSPS) is 10.9. The predicted molar refractivity (Wildman–Crippen MR) is 117 cm³/mol. The number of thiophene rings is 2. The first-order valence-electron chi connectivity index (χ1n) is 8.65. The highest BCUT2D eigenvalue weighted by molar-refractivity contribution is 7.21. The lowest BCUT2D eigenvalue weighted by atomic mass is 10.2. The van der Waals surface area contributed by atoms with Gasteiger partial charge in [-0.1, -0.05) is 6.07 Å². The Morgan fingerprint density at radius 2 is 2.00 bits per heavy atom. The highest BCUT2D eigenvalue weighted by Gasteiger charge is 2.21. The fraction of sp³-hybridized carbons (Fsp3) is 0.150. The van der Waals surface area contributed by atoms with Gasteiger partial charge in [0.2, 0.25) is 0 Å². The van der Waals surface area contributed by atoms with Crippen molar-refractivity contribution in [2.45, 2.75) is 6.92 Å². The summed E-state index contributed by atoms with van der Waals surface area (Å²) >= 11 is 2.81. The average Bonchev–Trinajstić information content (AvgIpc) is 3.36. The topological polar surface area (TPSA) is 99.4 Å². The lowest BCUT2D eigenvalue weighted by molar-refractivity contribution is 0.103. The number of aromatic nitrogens is 2. The van der Waals surface area contributed by atoms with E-state index in [-0.39, 0.29) is 5.91 Å². The third kappa shape index (κ3) is 3.50. The summed E-state index contributed by atoms with van der Waals surface area (Å²) in [5, 5.41) is 5.54. The summed E-state index contributed by atoms with van der Waals surface area (Å²) in [7, 11) is 3.10. The van der Waals surface area contributed by atoms with Crippen molar-refractivity contribution >= 4 is 50.2 Å². The van der Waals surface area contributed by atoms with Crippen LogP contribution in [0.3, 0.4) is 0 Å². The van der Waals surface area contributed by atoms with E-state index in [2.05, 4.69) is 15.3 Å². The van der Waals surface area contributed by atoms with Crippen molar-refractivity contribution in [3.63, 3.8) is 0 Å². The second kappa shape index (κ2) is 7.69. The molecule has 4 rings (SSSR count). The quantitative estimate of drug-likeness (QED) is 0.485. The molecule has 3 N–H and O–H groups in total. The van der Waals surface area contributed by atoms with Gasteiger partial charge < -0.3 is 20.5 Å². The van der Waals surface area contributed by atoms with E-state index in [1.165, 1.54) is 18.4 Å². The maximum atomic E-state index is 12.9. The molecular weight excluding hydrogens is 408 g/mol. The first kappa shape index (κ1) is 19.2. The molecule has 0 fully saturated rings. The number of nitrogen functional groups attached to an aromatic ring is 1. The highest BCUT2D eigenvalue weighted by atomic mass is 32.1. The van der Waals surface area contributed by atoms with Crippen LogP contribution in [0.2, 0.25) is 0 Å². The van der Waals surface area contributed by atoms with Crippen molar-refractivity contribution in [3.05, 3.63) is 46.3 Å². The smallest absolute Gasteiger partial charge is 0.268 e. The van der Waals surface area contributed by atoms with Crippen LogP contribution in [0.1, 0.15) is 15.4 Å². The molecule has 1 amide bonds. The number of nitrogens with two attached hydrogens (primary N) is 1. The molecule has 0 radical (unpaired) electrons. The summed E-state index contributed by atoms with van der Waals surface area (Å²) in [4.78, 5) is 24.2. The molecule has 0 aliphatic rings. The van der Waals surface area contributed by atoms with Gasteiger partial charge in [-0.25, -0.2) is 9.97 Å². The number of nitrogens with one attached hydrogen (secondary N) is 1. The maximum absolute atomic E-state index is 12.9. The maximum Gasteiger partial charge on any atom is 0.268 e. The zero-order valence-corrected chi connectivity index (χ0v) is 17.6.